The Morgan fingerprint density at radius 1 is 1.13 bits per heavy atom. The van der Waals surface area contributed by atoms with Gasteiger partial charge in [0.15, 0.2) is 0 Å². The topological polar surface area (TPSA) is 41.1 Å². The zero-order chi connectivity index (χ0) is 11.9. The minimum atomic E-state index is 0.0877. The second kappa shape index (κ2) is 6.83. The van der Waals surface area contributed by atoms with Crippen molar-refractivity contribution in [2.45, 2.75) is 65.5 Å². The lowest BCUT2D eigenvalue weighted by Gasteiger charge is -2.31. The molecule has 0 bridgehead atoms. The molecule has 0 aromatic heterocycles. The average Bonchev–Trinajstić information content (AvgIpc) is 2.20. The van der Waals surface area contributed by atoms with Gasteiger partial charge in [0.25, 0.3) is 0 Å². The van der Waals surface area contributed by atoms with Crippen LogP contribution in [0.3, 0.4) is 0 Å². The molecule has 90 valence electrons. The number of carbonyl (C=O) groups excluding carboxylic acids is 1. The number of hydrogen-bond acceptors (Lipinski definition) is 2. The van der Waals surface area contributed by atoms with Crippen LogP contribution in [0.25, 0.3) is 0 Å². The zero-order valence-corrected chi connectivity index (χ0v) is 10.8. The summed E-state index contributed by atoms with van der Waals surface area (Å²) in [7, 11) is 0. The first-order valence-electron chi connectivity index (χ1n) is 6.04. The van der Waals surface area contributed by atoms with Crippen molar-refractivity contribution < 1.29 is 4.79 Å². The zero-order valence-electron chi connectivity index (χ0n) is 10.8. The Morgan fingerprint density at radius 3 is 1.93 bits per heavy atom. The predicted molar refractivity (Wildman–Crippen MR) is 64.9 cm³/mol. The number of rotatable bonds is 7. The molecule has 0 saturated heterocycles. The molecule has 2 N–H and O–H groups in total. The van der Waals surface area contributed by atoms with Crippen molar-refractivity contribution >= 4 is 5.91 Å². The molecule has 0 aromatic rings. The van der Waals surface area contributed by atoms with Crippen molar-refractivity contribution in [2.24, 2.45) is 0 Å². The molecule has 15 heavy (non-hydrogen) atoms. The van der Waals surface area contributed by atoms with E-state index in [9.17, 15) is 4.79 Å². The fourth-order valence-electron chi connectivity index (χ4n) is 1.77. The van der Waals surface area contributed by atoms with Gasteiger partial charge in [-0.05, 0) is 33.1 Å². The molecule has 0 radical (unpaired) electrons. The van der Waals surface area contributed by atoms with E-state index in [4.69, 9.17) is 0 Å². The Bertz CT molecular complexity index is 178. The smallest absolute Gasteiger partial charge is 0.234 e. The molecular weight excluding hydrogens is 188 g/mol. The molecule has 0 aliphatic heterocycles. The van der Waals surface area contributed by atoms with Gasteiger partial charge in [-0.2, -0.15) is 0 Å². The monoisotopic (exact) mass is 214 g/mol. The Labute approximate surface area is 94.0 Å². The normalized spacial score (nSPS) is 11.9. The van der Waals surface area contributed by atoms with Crippen LogP contribution in [0.5, 0.6) is 0 Å². The number of amides is 1. The van der Waals surface area contributed by atoms with Crippen LogP contribution in [-0.4, -0.2) is 24.0 Å². The minimum Gasteiger partial charge on any atom is -0.353 e. The van der Waals surface area contributed by atoms with Crippen LogP contribution in [-0.2, 0) is 4.79 Å². The van der Waals surface area contributed by atoms with Gasteiger partial charge in [0.05, 0.1) is 6.54 Å². The summed E-state index contributed by atoms with van der Waals surface area (Å²) in [6.07, 6.45) is 3.19. The van der Waals surface area contributed by atoms with Gasteiger partial charge in [0, 0.05) is 11.6 Å². The highest BCUT2D eigenvalue weighted by atomic mass is 16.1. The molecule has 3 heteroatoms. The van der Waals surface area contributed by atoms with Gasteiger partial charge in [-0.1, -0.05) is 20.8 Å². The standard InChI is InChI=1S/C12H26N2O/c1-6-12(7-2,8-3)13-9-11(15)14-10(4)5/h10,13H,6-9H2,1-5H3,(H,14,15). The van der Waals surface area contributed by atoms with E-state index in [0.717, 1.165) is 19.3 Å². The summed E-state index contributed by atoms with van der Waals surface area (Å²) in [5, 5.41) is 6.26. The molecule has 0 spiro atoms. The van der Waals surface area contributed by atoms with Gasteiger partial charge in [0.2, 0.25) is 5.91 Å². The molecular formula is C12H26N2O. The van der Waals surface area contributed by atoms with Gasteiger partial charge in [-0.15, -0.1) is 0 Å². The Morgan fingerprint density at radius 2 is 1.60 bits per heavy atom. The quantitative estimate of drug-likeness (QED) is 0.681. The van der Waals surface area contributed by atoms with Crippen LogP contribution in [0, 0.1) is 0 Å². The first-order chi connectivity index (χ1) is 6.99. The molecule has 0 fully saturated rings. The molecule has 0 saturated carbocycles. The summed E-state index contributed by atoms with van der Waals surface area (Å²) in [4.78, 5) is 11.5. The molecule has 0 aromatic carbocycles. The van der Waals surface area contributed by atoms with Crippen LogP contribution in [0.15, 0.2) is 0 Å². The summed E-state index contributed by atoms with van der Waals surface area (Å²) in [5.74, 6) is 0.0877. The van der Waals surface area contributed by atoms with E-state index < -0.39 is 0 Å². The van der Waals surface area contributed by atoms with E-state index in [-0.39, 0.29) is 17.5 Å². The molecule has 1 amide bonds. The summed E-state index contributed by atoms with van der Waals surface area (Å²) in [6, 6.07) is 0.221. The molecule has 0 rings (SSSR count). The SMILES string of the molecule is CCC(CC)(CC)NCC(=O)NC(C)C. The second-order valence-electron chi connectivity index (χ2n) is 4.42. The maximum absolute atomic E-state index is 11.5. The summed E-state index contributed by atoms with van der Waals surface area (Å²) >= 11 is 0. The van der Waals surface area contributed by atoms with E-state index in [1.807, 2.05) is 13.8 Å². The molecule has 0 aliphatic rings. The van der Waals surface area contributed by atoms with Crippen LogP contribution in [0.2, 0.25) is 0 Å². The highest BCUT2D eigenvalue weighted by Crippen LogP contribution is 2.18. The van der Waals surface area contributed by atoms with Gasteiger partial charge >= 0.3 is 0 Å². The Hall–Kier alpha value is -0.570. The summed E-state index contributed by atoms with van der Waals surface area (Å²) < 4.78 is 0. The van der Waals surface area contributed by atoms with Crippen LogP contribution >= 0.6 is 0 Å². The van der Waals surface area contributed by atoms with Crippen LogP contribution in [0.4, 0.5) is 0 Å². The van der Waals surface area contributed by atoms with Crippen molar-refractivity contribution in [1.82, 2.24) is 10.6 Å². The number of hydrogen-bond donors (Lipinski definition) is 2. The fraction of sp³-hybridized carbons (Fsp3) is 0.917. The maximum Gasteiger partial charge on any atom is 0.234 e. The van der Waals surface area contributed by atoms with E-state index >= 15 is 0 Å². The van der Waals surface area contributed by atoms with E-state index in [2.05, 4.69) is 31.4 Å². The van der Waals surface area contributed by atoms with Gasteiger partial charge in [-0.25, -0.2) is 0 Å². The summed E-state index contributed by atoms with van der Waals surface area (Å²) in [6.45, 7) is 10.9. The number of carbonyl (C=O) groups is 1. The first-order valence-corrected chi connectivity index (χ1v) is 6.04. The third-order valence-corrected chi connectivity index (χ3v) is 3.10. The lowest BCUT2D eigenvalue weighted by molar-refractivity contribution is -0.121. The van der Waals surface area contributed by atoms with Crippen molar-refractivity contribution in [1.29, 1.82) is 0 Å². The molecule has 3 nitrogen and oxygen atoms in total. The lowest BCUT2D eigenvalue weighted by Crippen LogP contribution is -2.49. The van der Waals surface area contributed by atoms with Crippen molar-refractivity contribution in [2.75, 3.05) is 6.54 Å². The third kappa shape index (κ3) is 5.17. The van der Waals surface area contributed by atoms with Crippen molar-refractivity contribution in [3.63, 3.8) is 0 Å². The number of nitrogens with one attached hydrogen (secondary N) is 2. The Balaban J connectivity index is 4.05. The van der Waals surface area contributed by atoms with E-state index in [0.29, 0.717) is 6.54 Å². The van der Waals surface area contributed by atoms with Gasteiger partial charge in [0.1, 0.15) is 0 Å². The predicted octanol–water partition coefficient (Wildman–Crippen LogP) is 2.07. The highest BCUT2D eigenvalue weighted by Gasteiger charge is 2.23. The van der Waals surface area contributed by atoms with E-state index in [1.54, 1.807) is 0 Å². The fourth-order valence-corrected chi connectivity index (χ4v) is 1.77. The Kier molecular flexibility index (Phi) is 6.57. The highest BCUT2D eigenvalue weighted by molar-refractivity contribution is 5.78. The van der Waals surface area contributed by atoms with E-state index in [1.165, 1.54) is 0 Å². The average molecular weight is 214 g/mol. The van der Waals surface area contributed by atoms with Crippen molar-refractivity contribution in [3.8, 4) is 0 Å². The van der Waals surface area contributed by atoms with Crippen LogP contribution in [0.1, 0.15) is 53.9 Å². The molecule has 0 unspecified atom stereocenters. The largest absolute Gasteiger partial charge is 0.353 e. The minimum absolute atomic E-state index is 0.0877. The summed E-state index contributed by atoms with van der Waals surface area (Å²) in [5.41, 5.74) is 0.133. The molecule has 0 atom stereocenters. The van der Waals surface area contributed by atoms with Crippen LogP contribution < -0.4 is 10.6 Å². The van der Waals surface area contributed by atoms with Gasteiger partial charge in [-0.3, -0.25) is 4.79 Å². The van der Waals surface area contributed by atoms with Gasteiger partial charge < -0.3 is 10.6 Å². The third-order valence-electron chi connectivity index (χ3n) is 3.10. The second-order valence-corrected chi connectivity index (χ2v) is 4.42. The molecule has 0 aliphatic carbocycles. The molecule has 0 heterocycles. The first kappa shape index (κ1) is 14.4. The maximum atomic E-state index is 11.5. The van der Waals surface area contributed by atoms with Crippen molar-refractivity contribution in [3.05, 3.63) is 0 Å². The lowest BCUT2D eigenvalue weighted by atomic mass is 9.90.